The molecule has 1 aromatic carbocycles. The van der Waals surface area contributed by atoms with Crippen LogP contribution >= 0.6 is 0 Å². The second-order valence-electron chi connectivity index (χ2n) is 3.88. The number of benzene rings is 1. The van der Waals surface area contributed by atoms with E-state index in [1.165, 1.54) is 6.20 Å². The predicted molar refractivity (Wildman–Crippen MR) is 69.2 cm³/mol. The number of hydrogen-bond acceptors (Lipinski definition) is 5. The van der Waals surface area contributed by atoms with Gasteiger partial charge in [-0.15, -0.1) is 5.10 Å². The highest BCUT2D eigenvalue weighted by Gasteiger charge is 2.07. The standard InChI is InChI=1S/C12H10N6O/c13-12(16-19)8-5-6-11(14-7-8)18-10-4-2-1-3-9(10)15-17-18/h1-7,19H,(H2,13,16). The fraction of sp³-hybridized carbons (Fsp3) is 0. The number of amidine groups is 1. The minimum atomic E-state index is 0.0162. The van der Waals surface area contributed by atoms with Gasteiger partial charge in [0.15, 0.2) is 11.7 Å². The Morgan fingerprint density at radius 3 is 2.79 bits per heavy atom. The Balaban J connectivity index is 2.07. The number of hydrogen-bond donors (Lipinski definition) is 2. The molecule has 7 heteroatoms. The zero-order valence-electron chi connectivity index (χ0n) is 9.80. The maximum absolute atomic E-state index is 8.59. The molecule has 0 aliphatic rings. The lowest BCUT2D eigenvalue weighted by atomic mass is 10.2. The Morgan fingerprint density at radius 1 is 1.21 bits per heavy atom. The van der Waals surface area contributed by atoms with Gasteiger partial charge in [-0.05, 0) is 24.3 Å². The third-order valence-electron chi connectivity index (χ3n) is 2.72. The summed E-state index contributed by atoms with van der Waals surface area (Å²) in [4.78, 5) is 4.23. The summed E-state index contributed by atoms with van der Waals surface area (Å²) in [6.45, 7) is 0. The van der Waals surface area contributed by atoms with Gasteiger partial charge in [-0.1, -0.05) is 22.5 Å². The highest BCUT2D eigenvalue weighted by atomic mass is 16.4. The van der Waals surface area contributed by atoms with Gasteiger partial charge in [-0.2, -0.15) is 4.68 Å². The molecule has 3 rings (SSSR count). The molecule has 0 amide bonds. The molecule has 0 spiro atoms. The molecule has 0 bridgehead atoms. The number of oxime groups is 1. The van der Waals surface area contributed by atoms with Crippen LogP contribution in [0.3, 0.4) is 0 Å². The van der Waals surface area contributed by atoms with Crippen LogP contribution in [0, 0.1) is 0 Å². The number of nitrogens with zero attached hydrogens (tertiary/aromatic N) is 5. The van der Waals surface area contributed by atoms with Crippen molar-refractivity contribution >= 4 is 16.9 Å². The molecule has 0 aliphatic heterocycles. The average molecular weight is 254 g/mol. The van der Waals surface area contributed by atoms with Crippen molar-refractivity contribution in [2.45, 2.75) is 0 Å². The molecular formula is C12H10N6O. The lowest BCUT2D eigenvalue weighted by molar-refractivity contribution is 0.318. The SMILES string of the molecule is N/C(=N\O)c1ccc(-n2nnc3ccccc32)nc1. The van der Waals surface area contributed by atoms with Gasteiger partial charge in [0.2, 0.25) is 0 Å². The second kappa shape index (κ2) is 4.37. The highest BCUT2D eigenvalue weighted by Crippen LogP contribution is 2.14. The molecule has 0 unspecified atom stereocenters. The maximum atomic E-state index is 8.59. The summed E-state index contributed by atoms with van der Waals surface area (Å²) < 4.78 is 1.63. The Bertz CT molecular complexity index is 746. The molecule has 0 saturated heterocycles. The smallest absolute Gasteiger partial charge is 0.171 e. The van der Waals surface area contributed by atoms with Crippen LogP contribution in [-0.2, 0) is 0 Å². The first-order valence-electron chi connectivity index (χ1n) is 5.54. The fourth-order valence-corrected chi connectivity index (χ4v) is 1.76. The van der Waals surface area contributed by atoms with Crippen molar-refractivity contribution in [3.63, 3.8) is 0 Å². The first-order valence-corrected chi connectivity index (χ1v) is 5.54. The maximum Gasteiger partial charge on any atom is 0.171 e. The summed E-state index contributed by atoms with van der Waals surface area (Å²) >= 11 is 0. The first kappa shape index (κ1) is 11.1. The van der Waals surface area contributed by atoms with E-state index in [0.29, 0.717) is 11.4 Å². The Kier molecular flexibility index (Phi) is 2.57. The molecule has 0 atom stereocenters. The van der Waals surface area contributed by atoms with E-state index in [4.69, 9.17) is 10.9 Å². The summed E-state index contributed by atoms with van der Waals surface area (Å²) in [5, 5.41) is 19.6. The number of pyridine rings is 1. The molecule has 94 valence electrons. The van der Waals surface area contributed by atoms with Crippen molar-refractivity contribution in [3.05, 3.63) is 48.2 Å². The van der Waals surface area contributed by atoms with Crippen LogP contribution in [0.5, 0.6) is 0 Å². The molecule has 2 heterocycles. The molecule has 0 aliphatic carbocycles. The average Bonchev–Trinajstić information content (AvgIpc) is 2.90. The largest absolute Gasteiger partial charge is 0.409 e. The van der Waals surface area contributed by atoms with Crippen molar-refractivity contribution in [3.8, 4) is 5.82 Å². The van der Waals surface area contributed by atoms with E-state index in [-0.39, 0.29) is 5.84 Å². The number of aromatic nitrogens is 4. The third-order valence-corrected chi connectivity index (χ3v) is 2.72. The number of fused-ring (bicyclic) bond motifs is 1. The minimum absolute atomic E-state index is 0.0162. The molecule has 0 saturated carbocycles. The molecule has 19 heavy (non-hydrogen) atoms. The van der Waals surface area contributed by atoms with E-state index in [0.717, 1.165) is 11.0 Å². The number of nitrogens with two attached hydrogens (primary N) is 1. The minimum Gasteiger partial charge on any atom is -0.409 e. The van der Waals surface area contributed by atoms with Gasteiger partial charge in [-0.25, -0.2) is 4.98 Å². The monoisotopic (exact) mass is 254 g/mol. The van der Waals surface area contributed by atoms with Gasteiger partial charge < -0.3 is 10.9 Å². The third kappa shape index (κ3) is 1.86. The normalized spacial score (nSPS) is 11.9. The summed E-state index contributed by atoms with van der Waals surface area (Å²) in [6, 6.07) is 11.0. The summed E-state index contributed by atoms with van der Waals surface area (Å²) in [5.74, 6) is 0.630. The zero-order chi connectivity index (χ0) is 13.2. The van der Waals surface area contributed by atoms with Crippen LogP contribution in [0.15, 0.2) is 47.8 Å². The lowest BCUT2D eigenvalue weighted by Crippen LogP contribution is -2.13. The zero-order valence-corrected chi connectivity index (χ0v) is 9.80. The van der Waals surface area contributed by atoms with Crippen LogP contribution in [0.4, 0.5) is 0 Å². The Morgan fingerprint density at radius 2 is 2.05 bits per heavy atom. The van der Waals surface area contributed by atoms with Crippen molar-refractivity contribution in [1.82, 2.24) is 20.0 Å². The van der Waals surface area contributed by atoms with E-state index in [1.807, 2.05) is 24.3 Å². The van der Waals surface area contributed by atoms with Crippen LogP contribution in [0.25, 0.3) is 16.9 Å². The predicted octanol–water partition coefficient (Wildman–Crippen LogP) is 0.910. The topological polar surface area (TPSA) is 102 Å². The van der Waals surface area contributed by atoms with Gasteiger partial charge in [0.25, 0.3) is 0 Å². The Hall–Kier alpha value is -2.96. The quantitative estimate of drug-likeness (QED) is 0.306. The molecule has 3 N–H and O–H groups in total. The van der Waals surface area contributed by atoms with Gasteiger partial charge >= 0.3 is 0 Å². The van der Waals surface area contributed by atoms with Crippen LogP contribution < -0.4 is 5.73 Å². The van der Waals surface area contributed by atoms with Gasteiger partial charge in [0.05, 0.1) is 5.52 Å². The first-order chi connectivity index (χ1) is 9.29. The van der Waals surface area contributed by atoms with Crippen molar-refractivity contribution in [2.24, 2.45) is 10.9 Å². The van der Waals surface area contributed by atoms with Crippen molar-refractivity contribution in [1.29, 1.82) is 0 Å². The lowest BCUT2D eigenvalue weighted by Gasteiger charge is -2.02. The molecule has 2 aromatic heterocycles. The molecule has 0 fully saturated rings. The highest BCUT2D eigenvalue weighted by molar-refractivity contribution is 5.96. The molecule has 3 aromatic rings. The van der Waals surface area contributed by atoms with E-state index >= 15 is 0 Å². The van der Waals surface area contributed by atoms with E-state index in [9.17, 15) is 0 Å². The van der Waals surface area contributed by atoms with E-state index < -0.39 is 0 Å². The molecule has 0 radical (unpaired) electrons. The van der Waals surface area contributed by atoms with Gasteiger partial charge in [-0.3, -0.25) is 0 Å². The van der Waals surface area contributed by atoms with E-state index in [1.54, 1.807) is 16.8 Å². The van der Waals surface area contributed by atoms with E-state index in [2.05, 4.69) is 20.5 Å². The molecule has 7 nitrogen and oxygen atoms in total. The van der Waals surface area contributed by atoms with Crippen molar-refractivity contribution in [2.75, 3.05) is 0 Å². The summed E-state index contributed by atoms with van der Waals surface area (Å²) in [5.41, 5.74) is 7.68. The van der Waals surface area contributed by atoms with Gasteiger partial charge in [0.1, 0.15) is 5.52 Å². The Labute approximate surface area is 108 Å². The number of rotatable bonds is 2. The van der Waals surface area contributed by atoms with Crippen LogP contribution in [0.2, 0.25) is 0 Å². The van der Waals surface area contributed by atoms with Gasteiger partial charge in [0, 0.05) is 11.8 Å². The van der Waals surface area contributed by atoms with Crippen molar-refractivity contribution < 1.29 is 5.21 Å². The summed E-state index contributed by atoms with van der Waals surface area (Å²) in [6.07, 6.45) is 1.51. The second-order valence-corrected chi connectivity index (χ2v) is 3.88. The molecular weight excluding hydrogens is 244 g/mol. The van der Waals surface area contributed by atoms with Crippen LogP contribution in [-0.4, -0.2) is 31.0 Å². The number of para-hydroxylation sites is 1. The fourth-order valence-electron chi connectivity index (χ4n) is 1.76. The summed E-state index contributed by atoms with van der Waals surface area (Å²) in [7, 11) is 0. The van der Waals surface area contributed by atoms with Crippen LogP contribution in [0.1, 0.15) is 5.56 Å².